The Balaban J connectivity index is 2.98. The van der Waals surface area contributed by atoms with E-state index in [2.05, 4.69) is 11.8 Å². The van der Waals surface area contributed by atoms with E-state index < -0.39 is 0 Å². The second-order valence-corrected chi connectivity index (χ2v) is 3.65. The maximum atomic E-state index is 11.1. The van der Waals surface area contributed by atoms with Gasteiger partial charge >= 0.3 is 5.97 Å². The average molecular weight is 253 g/mol. The van der Waals surface area contributed by atoms with Crippen molar-refractivity contribution in [2.45, 2.75) is 19.4 Å². The van der Waals surface area contributed by atoms with E-state index in [0.29, 0.717) is 23.5 Å². The third kappa shape index (κ3) is 3.37. The van der Waals surface area contributed by atoms with Crippen LogP contribution in [-0.4, -0.2) is 25.3 Å². The van der Waals surface area contributed by atoms with Gasteiger partial charge in [0.15, 0.2) is 11.5 Å². The van der Waals surface area contributed by atoms with Crippen LogP contribution >= 0.6 is 0 Å². The number of carbonyl (C=O) groups is 1. The lowest BCUT2D eigenvalue weighted by Gasteiger charge is -2.13. The fourth-order valence-electron chi connectivity index (χ4n) is 1.64. The van der Waals surface area contributed by atoms with Gasteiger partial charge in [0.25, 0.3) is 0 Å². The van der Waals surface area contributed by atoms with Crippen molar-refractivity contribution in [3.63, 3.8) is 0 Å². The number of aryl methyl sites for hydroxylation is 1. The highest BCUT2D eigenvalue weighted by Crippen LogP contribution is 2.31. The van der Waals surface area contributed by atoms with Gasteiger partial charge in [-0.05, 0) is 29.7 Å². The summed E-state index contributed by atoms with van der Waals surface area (Å²) in [4.78, 5) is 11.1. The SMILES string of the molecule is [CH2]Oc1cc(CCC(=O)OC)c(CO)cc1OC. The van der Waals surface area contributed by atoms with Gasteiger partial charge in [-0.15, -0.1) is 0 Å². The van der Waals surface area contributed by atoms with Gasteiger partial charge in [-0.2, -0.15) is 0 Å². The lowest BCUT2D eigenvalue weighted by atomic mass is 10.0. The number of rotatable bonds is 6. The van der Waals surface area contributed by atoms with Crippen LogP contribution in [0.1, 0.15) is 17.5 Å². The molecule has 0 aliphatic carbocycles. The van der Waals surface area contributed by atoms with Crippen molar-refractivity contribution in [2.75, 3.05) is 14.2 Å². The molecule has 0 saturated carbocycles. The summed E-state index contributed by atoms with van der Waals surface area (Å²) in [7, 11) is 6.19. The highest BCUT2D eigenvalue weighted by molar-refractivity contribution is 5.69. The lowest BCUT2D eigenvalue weighted by Crippen LogP contribution is -2.04. The number of hydrogen-bond acceptors (Lipinski definition) is 5. The van der Waals surface area contributed by atoms with E-state index >= 15 is 0 Å². The summed E-state index contributed by atoms with van der Waals surface area (Å²) in [6.45, 7) is -0.135. The Hall–Kier alpha value is -1.75. The number of aliphatic hydroxyl groups excluding tert-OH is 1. The van der Waals surface area contributed by atoms with Crippen molar-refractivity contribution in [1.82, 2.24) is 0 Å². The van der Waals surface area contributed by atoms with Crippen LogP contribution in [0.2, 0.25) is 0 Å². The number of esters is 1. The van der Waals surface area contributed by atoms with Crippen LogP contribution in [-0.2, 0) is 22.6 Å². The monoisotopic (exact) mass is 253 g/mol. The maximum Gasteiger partial charge on any atom is 0.305 e. The van der Waals surface area contributed by atoms with Gasteiger partial charge in [-0.1, -0.05) is 0 Å². The molecule has 5 nitrogen and oxygen atoms in total. The summed E-state index contributed by atoms with van der Waals surface area (Å²) in [5.74, 6) is 0.664. The number of hydrogen-bond donors (Lipinski definition) is 1. The van der Waals surface area contributed by atoms with Gasteiger partial charge in [-0.3, -0.25) is 4.79 Å². The van der Waals surface area contributed by atoms with Gasteiger partial charge in [0.2, 0.25) is 0 Å². The molecule has 1 N–H and O–H groups in total. The number of aliphatic hydroxyl groups is 1. The minimum Gasteiger partial charge on any atom is -0.493 e. The van der Waals surface area contributed by atoms with Gasteiger partial charge in [0, 0.05) is 6.42 Å². The molecule has 0 aliphatic heterocycles. The topological polar surface area (TPSA) is 65.0 Å². The third-order valence-electron chi connectivity index (χ3n) is 2.64. The molecule has 0 spiro atoms. The molecule has 99 valence electrons. The fraction of sp³-hybridized carbons (Fsp3) is 0.385. The van der Waals surface area contributed by atoms with Crippen LogP contribution in [0.25, 0.3) is 0 Å². The van der Waals surface area contributed by atoms with Gasteiger partial charge in [0.1, 0.15) is 7.11 Å². The molecular formula is C13H17O5. The highest BCUT2D eigenvalue weighted by Gasteiger charge is 2.12. The summed E-state index contributed by atoms with van der Waals surface area (Å²) in [5, 5.41) is 9.30. The number of ether oxygens (including phenoxy) is 3. The Morgan fingerprint density at radius 1 is 1.28 bits per heavy atom. The summed E-state index contributed by atoms with van der Waals surface area (Å²) in [6.07, 6.45) is 0.704. The van der Waals surface area contributed by atoms with Crippen molar-refractivity contribution >= 4 is 5.97 Å². The fourth-order valence-corrected chi connectivity index (χ4v) is 1.64. The molecule has 0 saturated heterocycles. The zero-order valence-corrected chi connectivity index (χ0v) is 10.6. The van der Waals surface area contributed by atoms with E-state index in [0.717, 1.165) is 5.56 Å². The number of carbonyl (C=O) groups excluding carboxylic acids is 1. The van der Waals surface area contributed by atoms with Gasteiger partial charge in [-0.25, -0.2) is 0 Å². The minimum atomic E-state index is -0.299. The van der Waals surface area contributed by atoms with E-state index in [4.69, 9.17) is 9.47 Å². The normalized spacial score (nSPS) is 10.0. The summed E-state index contributed by atoms with van der Waals surface area (Å²) in [6, 6.07) is 3.38. The predicted molar refractivity (Wildman–Crippen MR) is 65.2 cm³/mol. The molecule has 5 heteroatoms. The Kier molecular flexibility index (Phi) is 5.45. The zero-order chi connectivity index (χ0) is 13.5. The Bertz CT molecular complexity index is 414. The second kappa shape index (κ2) is 6.86. The van der Waals surface area contributed by atoms with Crippen molar-refractivity contribution in [2.24, 2.45) is 0 Å². The largest absolute Gasteiger partial charge is 0.493 e. The van der Waals surface area contributed by atoms with Crippen LogP contribution in [0.3, 0.4) is 0 Å². The van der Waals surface area contributed by atoms with Crippen LogP contribution in [0.4, 0.5) is 0 Å². The van der Waals surface area contributed by atoms with E-state index in [9.17, 15) is 9.90 Å². The standard InChI is InChI=1S/C13H17O5/c1-16-11-6-9(4-5-13(15)18-3)10(8-14)7-12(11)17-2/h6-7,14H,1,4-5,8H2,2-3H3. The molecule has 0 unspecified atom stereocenters. The molecule has 1 aromatic rings. The summed E-state index contributed by atoms with van der Waals surface area (Å²) < 4.78 is 14.6. The average Bonchev–Trinajstić information content (AvgIpc) is 2.43. The number of methoxy groups -OCH3 is 2. The second-order valence-electron chi connectivity index (χ2n) is 3.65. The van der Waals surface area contributed by atoms with Crippen LogP contribution in [0, 0.1) is 7.11 Å². The molecule has 0 amide bonds. The van der Waals surface area contributed by atoms with E-state index in [-0.39, 0.29) is 19.0 Å². The highest BCUT2D eigenvalue weighted by atomic mass is 16.5. The first kappa shape index (κ1) is 14.3. The first-order valence-electron chi connectivity index (χ1n) is 5.45. The third-order valence-corrected chi connectivity index (χ3v) is 2.64. The maximum absolute atomic E-state index is 11.1. The van der Waals surface area contributed by atoms with Crippen molar-refractivity contribution in [3.05, 3.63) is 30.4 Å². The molecule has 0 aliphatic rings. The van der Waals surface area contributed by atoms with Crippen molar-refractivity contribution in [1.29, 1.82) is 0 Å². The molecule has 0 atom stereocenters. The molecule has 0 fully saturated rings. The molecule has 1 aromatic carbocycles. The molecule has 1 radical (unpaired) electrons. The molecule has 1 rings (SSSR count). The van der Waals surface area contributed by atoms with Gasteiger partial charge < -0.3 is 19.3 Å². The number of benzene rings is 1. The van der Waals surface area contributed by atoms with Crippen LogP contribution in [0.15, 0.2) is 12.1 Å². The molecular weight excluding hydrogens is 236 g/mol. The predicted octanol–water partition coefficient (Wildman–Crippen LogP) is 1.46. The minimum absolute atomic E-state index is 0.135. The zero-order valence-electron chi connectivity index (χ0n) is 10.6. The molecule has 0 bridgehead atoms. The quantitative estimate of drug-likeness (QED) is 0.778. The molecule has 18 heavy (non-hydrogen) atoms. The van der Waals surface area contributed by atoms with Gasteiger partial charge in [0.05, 0.1) is 20.8 Å². The molecule has 0 heterocycles. The van der Waals surface area contributed by atoms with Crippen molar-refractivity contribution < 1.29 is 24.1 Å². The van der Waals surface area contributed by atoms with Crippen LogP contribution < -0.4 is 9.47 Å². The van der Waals surface area contributed by atoms with E-state index in [1.165, 1.54) is 14.2 Å². The molecule has 0 aromatic heterocycles. The Morgan fingerprint density at radius 3 is 2.44 bits per heavy atom. The summed E-state index contributed by atoms with van der Waals surface area (Å²) >= 11 is 0. The van der Waals surface area contributed by atoms with E-state index in [1.807, 2.05) is 0 Å². The van der Waals surface area contributed by atoms with Crippen LogP contribution in [0.5, 0.6) is 11.5 Å². The Morgan fingerprint density at radius 2 is 1.94 bits per heavy atom. The van der Waals surface area contributed by atoms with Crippen molar-refractivity contribution in [3.8, 4) is 11.5 Å². The first-order chi connectivity index (χ1) is 8.65. The Labute approximate surface area is 106 Å². The summed E-state index contributed by atoms with van der Waals surface area (Å²) in [5.41, 5.74) is 1.50. The first-order valence-corrected chi connectivity index (χ1v) is 5.45. The van der Waals surface area contributed by atoms with E-state index in [1.54, 1.807) is 12.1 Å². The lowest BCUT2D eigenvalue weighted by molar-refractivity contribution is -0.140. The smallest absolute Gasteiger partial charge is 0.305 e.